The molecule has 1 aromatic carbocycles. The van der Waals surface area contributed by atoms with Gasteiger partial charge in [0.05, 0.1) is 0 Å². The average molecular weight is 479 g/mol. The van der Waals surface area contributed by atoms with Crippen molar-refractivity contribution in [1.82, 2.24) is 10.6 Å². The molecule has 5 aliphatic carbocycles. The number of benzene rings is 1. The first-order chi connectivity index (χ1) is 16.7. The molecule has 5 fully saturated rings. The lowest BCUT2D eigenvalue weighted by Gasteiger charge is -2.57. The molecule has 0 saturated heterocycles. The molecule has 4 atom stereocenters. The SMILES string of the molecule is CC(C)C[C@H](NC(=O)c1ccc(C23CC4CC(CC(C4)C2)C3)cc1)C(=O)N[C@@H]1CCC[C@@H](C)[C@@H]1C. The van der Waals surface area contributed by atoms with Crippen LogP contribution in [0.3, 0.4) is 0 Å². The monoisotopic (exact) mass is 478 g/mol. The Kier molecular flexibility index (Phi) is 7.03. The van der Waals surface area contributed by atoms with Gasteiger partial charge in [0.15, 0.2) is 0 Å². The number of rotatable bonds is 7. The fourth-order valence-corrected chi connectivity index (χ4v) is 8.45. The number of nitrogens with one attached hydrogen (secondary N) is 2. The first-order valence-corrected chi connectivity index (χ1v) is 14.4. The molecule has 2 amide bonds. The van der Waals surface area contributed by atoms with E-state index in [2.05, 4.69) is 50.5 Å². The maximum atomic E-state index is 13.3. The standard InChI is InChI=1S/C31H46N2O2/c1-19(2)12-28(30(35)32-27-7-5-6-20(3)21(27)4)33-29(34)25-8-10-26(11-9-25)31-16-22-13-23(17-31)15-24(14-22)18-31/h8-11,19-24,27-28H,5-7,12-18H2,1-4H3,(H,32,35)(H,33,34)/t20-,21+,22?,23?,24?,27-,28+,31?/m1/s1. The van der Waals surface area contributed by atoms with E-state index in [9.17, 15) is 9.59 Å². The minimum absolute atomic E-state index is 0.0248. The van der Waals surface area contributed by atoms with Gasteiger partial charge in [-0.15, -0.1) is 0 Å². The van der Waals surface area contributed by atoms with Crippen LogP contribution < -0.4 is 10.6 Å². The third-order valence-electron chi connectivity index (χ3n) is 10.2. The molecule has 4 nitrogen and oxygen atoms in total. The second kappa shape index (κ2) is 9.90. The number of hydrogen-bond acceptors (Lipinski definition) is 2. The van der Waals surface area contributed by atoms with Crippen LogP contribution in [0.4, 0.5) is 0 Å². The molecular formula is C31H46N2O2. The third-order valence-corrected chi connectivity index (χ3v) is 10.2. The highest BCUT2D eigenvalue weighted by Gasteiger charge is 2.51. The van der Waals surface area contributed by atoms with E-state index in [1.807, 2.05) is 12.1 Å². The van der Waals surface area contributed by atoms with Crippen LogP contribution in [0.1, 0.15) is 108 Å². The van der Waals surface area contributed by atoms with Gasteiger partial charge in [-0.3, -0.25) is 9.59 Å². The zero-order valence-corrected chi connectivity index (χ0v) is 22.3. The van der Waals surface area contributed by atoms with Gasteiger partial charge in [0, 0.05) is 11.6 Å². The summed E-state index contributed by atoms with van der Waals surface area (Å²) in [6, 6.07) is 8.14. The number of amides is 2. The van der Waals surface area contributed by atoms with Crippen molar-refractivity contribution in [2.45, 2.75) is 109 Å². The molecule has 0 heterocycles. The van der Waals surface area contributed by atoms with E-state index in [4.69, 9.17) is 0 Å². The van der Waals surface area contributed by atoms with E-state index in [1.165, 1.54) is 50.5 Å². The smallest absolute Gasteiger partial charge is 0.251 e. The van der Waals surface area contributed by atoms with Crippen LogP contribution in [0.5, 0.6) is 0 Å². The molecular weight excluding hydrogens is 432 g/mol. The first-order valence-electron chi connectivity index (χ1n) is 14.4. The van der Waals surface area contributed by atoms with Gasteiger partial charge >= 0.3 is 0 Å². The summed E-state index contributed by atoms with van der Waals surface area (Å²) in [4.78, 5) is 26.5. The minimum atomic E-state index is -0.491. The highest BCUT2D eigenvalue weighted by Crippen LogP contribution is 2.60. The molecule has 0 aromatic heterocycles. The lowest BCUT2D eigenvalue weighted by atomic mass is 9.48. The predicted octanol–water partition coefficient (Wildman–Crippen LogP) is 6.24. The normalized spacial score (nSPS) is 36.7. The Bertz CT molecular complexity index is 885. The number of carbonyl (C=O) groups excluding carboxylic acids is 2. The topological polar surface area (TPSA) is 58.2 Å². The van der Waals surface area contributed by atoms with E-state index >= 15 is 0 Å². The predicted molar refractivity (Wildman–Crippen MR) is 141 cm³/mol. The number of carbonyl (C=O) groups is 2. The Balaban J connectivity index is 1.25. The molecule has 6 rings (SSSR count). The van der Waals surface area contributed by atoms with Gasteiger partial charge in [-0.2, -0.15) is 0 Å². The summed E-state index contributed by atoms with van der Waals surface area (Å²) < 4.78 is 0. The highest BCUT2D eigenvalue weighted by atomic mass is 16.2. The molecule has 4 heteroatoms. The van der Waals surface area contributed by atoms with Crippen molar-refractivity contribution in [2.75, 3.05) is 0 Å². The average Bonchev–Trinajstić information content (AvgIpc) is 2.80. The number of hydrogen-bond donors (Lipinski definition) is 2. The lowest BCUT2D eigenvalue weighted by Crippen LogP contribution is -2.52. The van der Waals surface area contributed by atoms with E-state index < -0.39 is 6.04 Å². The third kappa shape index (κ3) is 5.18. The Morgan fingerprint density at radius 3 is 2.11 bits per heavy atom. The quantitative estimate of drug-likeness (QED) is 0.487. The maximum absolute atomic E-state index is 13.3. The van der Waals surface area contributed by atoms with Crippen molar-refractivity contribution < 1.29 is 9.59 Å². The highest BCUT2D eigenvalue weighted by molar-refractivity contribution is 5.97. The molecule has 4 bridgehead atoms. The molecule has 192 valence electrons. The molecule has 1 aromatic rings. The van der Waals surface area contributed by atoms with Crippen molar-refractivity contribution in [3.05, 3.63) is 35.4 Å². The zero-order chi connectivity index (χ0) is 24.7. The summed E-state index contributed by atoms with van der Waals surface area (Å²) in [5.41, 5.74) is 2.45. The fourth-order valence-electron chi connectivity index (χ4n) is 8.45. The van der Waals surface area contributed by atoms with Crippen molar-refractivity contribution in [2.24, 2.45) is 35.5 Å². The summed E-state index contributed by atoms with van der Waals surface area (Å²) in [7, 11) is 0. The van der Waals surface area contributed by atoms with E-state index in [1.54, 1.807) is 0 Å². The summed E-state index contributed by atoms with van der Waals surface area (Å²) in [5.74, 6) is 4.00. The molecule has 2 N–H and O–H groups in total. The van der Waals surface area contributed by atoms with Crippen molar-refractivity contribution in [3.8, 4) is 0 Å². The second-order valence-electron chi connectivity index (χ2n) is 13.3. The zero-order valence-electron chi connectivity index (χ0n) is 22.3. The summed E-state index contributed by atoms with van der Waals surface area (Å²) in [6.07, 6.45) is 12.4. The second-order valence-corrected chi connectivity index (χ2v) is 13.3. The van der Waals surface area contributed by atoms with Crippen molar-refractivity contribution in [3.63, 3.8) is 0 Å². The van der Waals surface area contributed by atoms with Crippen molar-refractivity contribution >= 4 is 11.8 Å². The van der Waals surface area contributed by atoms with Gasteiger partial charge in [0.2, 0.25) is 5.91 Å². The molecule has 5 aliphatic rings. The molecule has 0 unspecified atom stereocenters. The minimum Gasteiger partial charge on any atom is -0.351 e. The molecule has 0 radical (unpaired) electrons. The summed E-state index contributed by atoms with van der Waals surface area (Å²) in [6.45, 7) is 8.75. The van der Waals surface area contributed by atoms with Gasteiger partial charge in [-0.25, -0.2) is 0 Å². The van der Waals surface area contributed by atoms with Crippen LogP contribution in [0.15, 0.2) is 24.3 Å². The van der Waals surface area contributed by atoms with Gasteiger partial charge in [0.1, 0.15) is 6.04 Å². The van der Waals surface area contributed by atoms with Crippen LogP contribution in [-0.4, -0.2) is 23.9 Å². The van der Waals surface area contributed by atoms with Gasteiger partial charge in [-0.1, -0.05) is 52.7 Å². The van der Waals surface area contributed by atoms with Gasteiger partial charge in [0.25, 0.3) is 5.91 Å². The van der Waals surface area contributed by atoms with Gasteiger partial charge < -0.3 is 10.6 Å². The lowest BCUT2D eigenvalue weighted by molar-refractivity contribution is -0.124. The molecule has 35 heavy (non-hydrogen) atoms. The molecule has 0 aliphatic heterocycles. The van der Waals surface area contributed by atoms with Crippen LogP contribution >= 0.6 is 0 Å². The van der Waals surface area contributed by atoms with Crippen LogP contribution in [0.2, 0.25) is 0 Å². The molecule has 5 saturated carbocycles. The van der Waals surface area contributed by atoms with Crippen LogP contribution in [0, 0.1) is 35.5 Å². The Hall–Kier alpha value is -1.84. The van der Waals surface area contributed by atoms with Gasteiger partial charge in [-0.05, 0) is 110 Å². The Labute approximate surface area is 212 Å². The Morgan fingerprint density at radius 1 is 0.943 bits per heavy atom. The van der Waals surface area contributed by atoms with Crippen LogP contribution in [0.25, 0.3) is 0 Å². The van der Waals surface area contributed by atoms with Crippen molar-refractivity contribution in [1.29, 1.82) is 0 Å². The van der Waals surface area contributed by atoms with E-state index in [0.717, 1.165) is 30.6 Å². The summed E-state index contributed by atoms with van der Waals surface area (Å²) in [5, 5.41) is 6.38. The van der Waals surface area contributed by atoms with E-state index in [0.29, 0.717) is 35.2 Å². The maximum Gasteiger partial charge on any atom is 0.251 e. The molecule has 0 spiro atoms. The Morgan fingerprint density at radius 2 is 1.54 bits per heavy atom. The van der Waals surface area contributed by atoms with E-state index in [-0.39, 0.29) is 17.9 Å². The fraction of sp³-hybridized carbons (Fsp3) is 0.742. The summed E-state index contributed by atoms with van der Waals surface area (Å²) >= 11 is 0. The largest absolute Gasteiger partial charge is 0.351 e. The van der Waals surface area contributed by atoms with Crippen LogP contribution in [-0.2, 0) is 10.2 Å². The first kappa shape index (κ1) is 24.8.